The van der Waals surface area contributed by atoms with Crippen LogP contribution in [0.2, 0.25) is 0 Å². The summed E-state index contributed by atoms with van der Waals surface area (Å²) >= 11 is 0. The molecule has 8 nitrogen and oxygen atoms in total. The number of ether oxygens (including phenoxy) is 1. The zero-order chi connectivity index (χ0) is 14.4. The molecule has 1 aromatic carbocycles. The highest BCUT2D eigenvalue weighted by Gasteiger charge is 2.15. The van der Waals surface area contributed by atoms with Crippen LogP contribution in [-0.4, -0.2) is 34.8 Å². The number of non-ortho nitro benzene ring substituents is 1. The molecule has 0 aliphatic heterocycles. The molecule has 0 aromatic heterocycles. The second-order valence-corrected chi connectivity index (χ2v) is 3.27. The molecule has 19 heavy (non-hydrogen) atoms. The van der Waals surface area contributed by atoms with E-state index in [1.54, 1.807) is 6.92 Å². The molecule has 0 heterocycles. The van der Waals surface area contributed by atoms with Gasteiger partial charge in [-0.25, -0.2) is 14.6 Å². The zero-order valence-electron chi connectivity index (χ0n) is 9.90. The minimum atomic E-state index is -1.38. The van der Waals surface area contributed by atoms with E-state index in [9.17, 15) is 19.7 Å². The average molecular weight is 266 g/mol. The Labute approximate surface area is 107 Å². The molecule has 0 aliphatic rings. The summed E-state index contributed by atoms with van der Waals surface area (Å²) in [6, 6.07) is 3.13. The van der Waals surface area contributed by atoms with Crippen molar-refractivity contribution in [1.82, 2.24) is 0 Å². The minimum Gasteiger partial charge on any atom is -0.478 e. The predicted octanol–water partition coefficient (Wildman–Crippen LogP) is 1.56. The Kier molecular flexibility index (Phi) is 4.69. The molecule has 0 aliphatic carbocycles. The fraction of sp³-hybridized carbons (Fsp3) is 0.182. The summed E-state index contributed by atoms with van der Waals surface area (Å²) in [7, 11) is 0. The van der Waals surface area contributed by atoms with Crippen molar-refractivity contribution in [3.63, 3.8) is 0 Å². The number of nitro groups is 1. The highest BCUT2D eigenvalue weighted by Crippen LogP contribution is 2.24. The van der Waals surface area contributed by atoms with Gasteiger partial charge in [-0.2, -0.15) is 0 Å². The molecule has 0 saturated carbocycles. The van der Waals surface area contributed by atoms with Gasteiger partial charge in [-0.05, 0) is 13.0 Å². The second-order valence-electron chi connectivity index (χ2n) is 3.27. The first-order chi connectivity index (χ1) is 8.95. The van der Waals surface area contributed by atoms with Gasteiger partial charge in [-0.1, -0.05) is 0 Å². The third-order valence-electron chi connectivity index (χ3n) is 2.02. The third-order valence-corrected chi connectivity index (χ3v) is 2.02. The van der Waals surface area contributed by atoms with Gasteiger partial charge in [0.15, 0.2) is 0 Å². The number of carbonyl (C=O) groups excluding carboxylic acids is 1. The number of nitro benzene ring substituents is 1. The van der Waals surface area contributed by atoms with Gasteiger partial charge in [0.1, 0.15) is 6.21 Å². The Balaban J connectivity index is 3.10. The summed E-state index contributed by atoms with van der Waals surface area (Å²) in [4.78, 5) is 35.5. The molecular weight excluding hydrogens is 256 g/mol. The number of benzene rings is 1. The Morgan fingerprint density at radius 2 is 2.21 bits per heavy atom. The largest absolute Gasteiger partial charge is 0.478 e. The number of nitrogens with zero attached hydrogens (tertiary/aromatic N) is 2. The van der Waals surface area contributed by atoms with Crippen LogP contribution in [0.25, 0.3) is 0 Å². The predicted molar refractivity (Wildman–Crippen MR) is 64.8 cm³/mol. The lowest BCUT2D eigenvalue weighted by Gasteiger charge is -2.00. The second kappa shape index (κ2) is 6.24. The number of aliphatic imine (C=N–C) groups is 1. The highest BCUT2D eigenvalue weighted by molar-refractivity contribution is 6.24. The van der Waals surface area contributed by atoms with Crippen LogP contribution in [0.1, 0.15) is 17.3 Å². The van der Waals surface area contributed by atoms with Crippen molar-refractivity contribution in [1.29, 1.82) is 0 Å². The summed E-state index contributed by atoms with van der Waals surface area (Å²) in [6.07, 6.45) is 0.817. The molecule has 0 amide bonds. The molecule has 0 fully saturated rings. The van der Waals surface area contributed by atoms with E-state index in [-0.39, 0.29) is 23.5 Å². The van der Waals surface area contributed by atoms with E-state index in [2.05, 4.69) is 9.73 Å². The fourth-order valence-corrected chi connectivity index (χ4v) is 1.22. The van der Waals surface area contributed by atoms with Crippen molar-refractivity contribution in [3.05, 3.63) is 33.9 Å². The summed E-state index contributed by atoms with van der Waals surface area (Å²) in [6.45, 7) is 1.77. The lowest BCUT2D eigenvalue weighted by molar-refractivity contribution is -0.384. The molecule has 8 heteroatoms. The fourth-order valence-electron chi connectivity index (χ4n) is 1.22. The standard InChI is InChI=1S/C11H10N2O6/c1-2-19-10(14)6-12-9-4-3-7(13(17)18)5-8(9)11(15)16/h3-6H,2H2,1H3,(H,15,16). The summed E-state index contributed by atoms with van der Waals surface area (Å²) < 4.78 is 4.58. The van der Waals surface area contributed by atoms with Crippen LogP contribution in [-0.2, 0) is 9.53 Å². The highest BCUT2D eigenvalue weighted by atomic mass is 16.6. The Morgan fingerprint density at radius 1 is 1.53 bits per heavy atom. The zero-order valence-corrected chi connectivity index (χ0v) is 9.90. The van der Waals surface area contributed by atoms with Crippen LogP contribution in [0.5, 0.6) is 0 Å². The Bertz CT molecular complexity index is 552. The van der Waals surface area contributed by atoms with Gasteiger partial charge in [0.2, 0.25) is 0 Å². The van der Waals surface area contributed by atoms with E-state index in [1.165, 1.54) is 0 Å². The molecule has 1 N–H and O–H groups in total. The number of aromatic carboxylic acids is 1. The Hall–Kier alpha value is -2.77. The first kappa shape index (κ1) is 14.3. The van der Waals surface area contributed by atoms with Gasteiger partial charge in [0, 0.05) is 12.1 Å². The van der Waals surface area contributed by atoms with E-state index in [0.29, 0.717) is 0 Å². The van der Waals surface area contributed by atoms with Crippen molar-refractivity contribution in [2.45, 2.75) is 6.92 Å². The van der Waals surface area contributed by atoms with Crippen LogP contribution < -0.4 is 0 Å². The topological polar surface area (TPSA) is 119 Å². The molecule has 0 atom stereocenters. The Morgan fingerprint density at radius 3 is 2.74 bits per heavy atom. The SMILES string of the molecule is CCOC(=O)C=Nc1ccc([N+](=O)[O-])cc1C(=O)O. The number of hydrogen-bond acceptors (Lipinski definition) is 6. The van der Waals surface area contributed by atoms with Gasteiger partial charge in [-0.15, -0.1) is 0 Å². The van der Waals surface area contributed by atoms with Gasteiger partial charge in [0.25, 0.3) is 5.69 Å². The number of hydrogen-bond donors (Lipinski definition) is 1. The first-order valence-corrected chi connectivity index (χ1v) is 5.18. The number of rotatable bonds is 5. The molecule has 0 saturated heterocycles. The number of carboxylic acid groups (broad SMARTS) is 1. The molecule has 0 bridgehead atoms. The normalized spacial score (nSPS) is 10.4. The molecule has 1 aromatic rings. The van der Waals surface area contributed by atoms with E-state index in [1.807, 2.05) is 0 Å². The number of esters is 1. The molecule has 1 rings (SSSR count). The smallest absolute Gasteiger partial charge is 0.349 e. The van der Waals surface area contributed by atoms with Crippen LogP contribution in [0, 0.1) is 10.1 Å². The van der Waals surface area contributed by atoms with Crippen molar-refractivity contribution < 1.29 is 24.4 Å². The average Bonchev–Trinajstić information content (AvgIpc) is 2.36. The third kappa shape index (κ3) is 3.87. The first-order valence-electron chi connectivity index (χ1n) is 5.18. The van der Waals surface area contributed by atoms with E-state index in [4.69, 9.17) is 5.11 Å². The van der Waals surface area contributed by atoms with E-state index in [0.717, 1.165) is 24.4 Å². The molecule has 100 valence electrons. The van der Waals surface area contributed by atoms with Crippen LogP contribution in [0.15, 0.2) is 23.2 Å². The summed E-state index contributed by atoms with van der Waals surface area (Å²) in [5.74, 6) is -2.10. The van der Waals surface area contributed by atoms with Crippen molar-refractivity contribution in [3.8, 4) is 0 Å². The maximum atomic E-state index is 11.0. The van der Waals surface area contributed by atoms with Crippen molar-refractivity contribution in [2.75, 3.05) is 6.61 Å². The van der Waals surface area contributed by atoms with Gasteiger partial charge in [0.05, 0.1) is 22.8 Å². The lowest BCUT2D eigenvalue weighted by atomic mass is 10.1. The van der Waals surface area contributed by atoms with Gasteiger partial charge < -0.3 is 9.84 Å². The summed E-state index contributed by atoms with van der Waals surface area (Å²) in [5, 5.41) is 19.5. The monoisotopic (exact) mass is 266 g/mol. The van der Waals surface area contributed by atoms with E-state index >= 15 is 0 Å². The molecular formula is C11H10N2O6. The van der Waals surface area contributed by atoms with Crippen LogP contribution in [0.4, 0.5) is 11.4 Å². The molecule has 0 unspecified atom stereocenters. The minimum absolute atomic E-state index is 0.0637. The van der Waals surface area contributed by atoms with E-state index < -0.39 is 16.9 Å². The van der Waals surface area contributed by atoms with Gasteiger partial charge >= 0.3 is 11.9 Å². The maximum Gasteiger partial charge on any atom is 0.349 e. The van der Waals surface area contributed by atoms with Gasteiger partial charge in [-0.3, -0.25) is 10.1 Å². The quantitative estimate of drug-likeness (QED) is 0.373. The molecule has 0 spiro atoms. The van der Waals surface area contributed by atoms with Crippen LogP contribution >= 0.6 is 0 Å². The van der Waals surface area contributed by atoms with Crippen LogP contribution in [0.3, 0.4) is 0 Å². The summed E-state index contributed by atoms with van der Waals surface area (Å²) in [5.41, 5.74) is -0.798. The van der Waals surface area contributed by atoms with Crippen molar-refractivity contribution >= 4 is 29.5 Å². The lowest BCUT2D eigenvalue weighted by Crippen LogP contribution is -2.05. The number of carboxylic acids is 1. The molecule has 0 radical (unpaired) electrons. The number of carbonyl (C=O) groups is 2. The maximum absolute atomic E-state index is 11.0. The van der Waals surface area contributed by atoms with Crippen molar-refractivity contribution in [2.24, 2.45) is 4.99 Å².